The van der Waals surface area contributed by atoms with Gasteiger partial charge in [0, 0.05) is 45.0 Å². The van der Waals surface area contributed by atoms with E-state index < -0.39 is 0 Å². The number of urea groups is 1. The Balaban J connectivity index is 1.44. The number of benzene rings is 2. The Hall–Kier alpha value is -3.56. The van der Waals surface area contributed by atoms with Crippen LogP contribution < -0.4 is 14.8 Å². The zero-order chi connectivity index (χ0) is 23.8. The maximum Gasteiger partial charge on any atom is 0.321 e. The Morgan fingerprint density at radius 3 is 2.82 bits per heavy atom. The number of carbonyl (C=O) groups excluding carboxylic acids is 1. The van der Waals surface area contributed by atoms with E-state index in [-0.39, 0.29) is 6.03 Å². The Morgan fingerprint density at radius 1 is 1.21 bits per heavy atom. The molecule has 0 atom stereocenters. The van der Waals surface area contributed by atoms with Crippen LogP contribution in [0.25, 0.3) is 11.1 Å². The van der Waals surface area contributed by atoms with Crippen LogP contribution in [0.5, 0.6) is 11.5 Å². The molecule has 1 aliphatic heterocycles. The third kappa shape index (κ3) is 6.27. The van der Waals surface area contributed by atoms with E-state index in [2.05, 4.69) is 20.4 Å². The molecule has 0 unspecified atom stereocenters. The summed E-state index contributed by atoms with van der Waals surface area (Å²) in [6.45, 7) is 5.05. The summed E-state index contributed by atoms with van der Waals surface area (Å²) in [4.78, 5) is 16.9. The van der Waals surface area contributed by atoms with Crippen molar-refractivity contribution < 1.29 is 19.0 Å². The molecular formula is C25H31N5O4. The monoisotopic (exact) mass is 465 g/mol. The molecule has 180 valence electrons. The third-order valence-electron chi connectivity index (χ3n) is 5.72. The highest BCUT2D eigenvalue weighted by molar-refractivity contribution is 5.91. The Kier molecular flexibility index (Phi) is 8.00. The van der Waals surface area contributed by atoms with Crippen molar-refractivity contribution in [2.75, 3.05) is 58.9 Å². The van der Waals surface area contributed by atoms with Crippen LogP contribution >= 0.6 is 0 Å². The van der Waals surface area contributed by atoms with Gasteiger partial charge in [-0.25, -0.2) is 4.79 Å². The number of rotatable bonds is 9. The van der Waals surface area contributed by atoms with Gasteiger partial charge in [0.05, 0.1) is 32.2 Å². The summed E-state index contributed by atoms with van der Waals surface area (Å²) in [5, 5.41) is 9.85. The summed E-state index contributed by atoms with van der Waals surface area (Å²) in [7, 11) is 3.39. The van der Waals surface area contributed by atoms with Crippen molar-refractivity contribution in [3.05, 3.63) is 60.4 Å². The predicted octanol–water partition coefficient (Wildman–Crippen LogP) is 3.46. The fourth-order valence-electron chi connectivity index (χ4n) is 3.77. The first kappa shape index (κ1) is 23.6. The number of ether oxygens (including phenoxy) is 3. The van der Waals surface area contributed by atoms with Crippen LogP contribution in [-0.4, -0.2) is 79.6 Å². The van der Waals surface area contributed by atoms with Gasteiger partial charge in [-0.3, -0.25) is 10.00 Å². The van der Waals surface area contributed by atoms with Crippen molar-refractivity contribution >= 4 is 11.7 Å². The Bertz CT molecular complexity index is 1070. The number of aromatic nitrogens is 2. The zero-order valence-corrected chi connectivity index (χ0v) is 19.6. The summed E-state index contributed by atoms with van der Waals surface area (Å²) in [5.74, 6) is 1.38. The van der Waals surface area contributed by atoms with Crippen molar-refractivity contribution in [1.29, 1.82) is 0 Å². The molecule has 1 saturated heterocycles. The first-order valence-electron chi connectivity index (χ1n) is 11.3. The van der Waals surface area contributed by atoms with Gasteiger partial charge in [0.2, 0.25) is 0 Å². The van der Waals surface area contributed by atoms with E-state index in [0.29, 0.717) is 24.6 Å². The number of hydrogen-bond donors (Lipinski definition) is 2. The normalized spacial score (nSPS) is 13.9. The van der Waals surface area contributed by atoms with Gasteiger partial charge in [-0.05, 0) is 35.4 Å². The highest BCUT2D eigenvalue weighted by Gasteiger charge is 2.15. The molecule has 4 rings (SSSR count). The van der Waals surface area contributed by atoms with Gasteiger partial charge in [0.25, 0.3) is 0 Å². The lowest BCUT2D eigenvalue weighted by molar-refractivity contribution is 0.0323. The van der Waals surface area contributed by atoms with E-state index >= 15 is 0 Å². The quantitative estimate of drug-likeness (QED) is 0.503. The average molecular weight is 466 g/mol. The number of morpholine rings is 1. The van der Waals surface area contributed by atoms with Gasteiger partial charge < -0.3 is 24.4 Å². The highest BCUT2D eigenvalue weighted by Crippen LogP contribution is 2.31. The van der Waals surface area contributed by atoms with Crippen molar-refractivity contribution in [2.45, 2.75) is 6.54 Å². The van der Waals surface area contributed by atoms with Gasteiger partial charge in [0.1, 0.15) is 18.1 Å². The van der Waals surface area contributed by atoms with Crippen LogP contribution in [0.3, 0.4) is 0 Å². The number of hydrogen-bond acceptors (Lipinski definition) is 6. The predicted molar refractivity (Wildman–Crippen MR) is 130 cm³/mol. The lowest BCUT2D eigenvalue weighted by Crippen LogP contribution is -2.38. The second kappa shape index (κ2) is 11.5. The highest BCUT2D eigenvalue weighted by atomic mass is 16.5. The molecule has 0 spiro atoms. The first-order chi connectivity index (χ1) is 16.6. The summed E-state index contributed by atoms with van der Waals surface area (Å²) < 4.78 is 16.8. The van der Waals surface area contributed by atoms with Crippen molar-refractivity contribution in [3.8, 4) is 22.6 Å². The molecule has 9 heteroatoms. The molecule has 2 heterocycles. The number of carbonyl (C=O) groups is 1. The summed E-state index contributed by atoms with van der Waals surface area (Å²) in [5.41, 5.74) is 3.51. The van der Waals surface area contributed by atoms with Crippen LogP contribution in [0, 0.1) is 0 Å². The number of aromatic amines is 1. The minimum Gasteiger partial charge on any atom is -0.497 e. The van der Waals surface area contributed by atoms with E-state index in [1.807, 2.05) is 48.7 Å². The molecule has 3 aromatic rings. The maximum absolute atomic E-state index is 12.9. The molecule has 0 saturated carbocycles. The second-order valence-electron chi connectivity index (χ2n) is 8.14. The topological polar surface area (TPSA) is 92.0 Å². The summed E-state index contributed by atoms with van der Waals surface area (Å²) >= 11 is 0. The molecule has 0 bridgehead atoms. The molecule has 2 aromatic carbocycles. The average Bonchev–Trinajstić information content (AvgIpc) is 3.41. The van der Waals surface area contributed by atoms with Crippen molar-refractivity contribution in [1.82, 2.24) is 20.0 Å². The number of nitrogens with zero attached hydrogens (tertiary/aromatic N) is 3. The number of nitrogens with one attached hydrogen (secondary N) is 2. The van der Waals surface area contributed by atoms with Crippen LogP contribution in [0.4, 0.5) is 10.5 Å². The maximum atomic E-state index is 12.9. The van der Waals surface area contributed by atoms with E-state index in [1.165, 1.54) is 0 Å². The molecule has 1 fully saturated rings. The fourth-order valence-corrected chi connectivity index (χ4v) is 3.77. The SMILES string of the molecule is COc1cccc(CN(C)C(=O)Nc2ccc(-c3cn[nH]c3)cc2OCCN2CCOCC2)c1. The minimum absolute atomic E-state index is 0.225. The van der Waals surface area contributed by atoms with Crippen LogP contribution in [-0.2, 0) is 11.3 Å². The molecule has 34 heavy (non-hydrogen) atoms. The van der Waals surface area contributed by atoms with E-state index in [1.54, 1.807) is 25.3 Å². The number of amides is 2. The largest absolute Gasteiger partial charge is 0.497 e. The molecular weight excluding hydrogens is 434 g/mol. The van der Waals surface area contributed by atoms with Crippen molar-refractivity contribution in [2.24, 2.45) is 0 Å². The number of methoxy groups -OCH3 is 1. The minimum atomic E-state index is -0.225. The lowest BCUT2D eigenvalue weighted by Gasteiger charge is -2.26. The molecule has 1 aliphatic rings. The van der Waals surface area contributed by atoms with Gasteiger partial charge in [-0.2, -0.15) is 5.10 Å². The van der Waals surface area contributed by atoms with Gasteiger partial charge in [-0.1, -0.05) is 18.2 Å². The molecule has 0 aliphatic carbocycles. The molecule has 2 N–H and O–H groups in total. The molecule has 1 aromatic heterocycles. The van der Waals surface area contributed by atoms with Gasteiger partial charge in [-0.15, -0.1) is 0 Å². The molecule has 0 radical (unpaired) electrons. The van der Waals surface area contributed by atoms with Crippen molar-refractivity contribution in [3.63, 3.8) is 0 Å². The van der Waals surface area contributed by atoms with E-state index in [0.717, 1.165) is 55.3 Å². The van der Waals surface area contributed by atoms with Gasteiger partial charge >= 0.3 is 6.03 Å². The molecule has 2 amide bonds. The third-order valence-corrected chi connectivity index (χ3v) is 5.72. The van der Waals surface area contributed by atoms with Crippen LogP contribution in [0.15, 0.2) is 54.9 Å². The summed E-state index contributed by atoms with van der Waals surface area (Å²) in [6, 6.07) is 13.2. The number of anilines is 1. The van der Waals surface area contributed by atoms with Crippen LogP contribution in [0.1, 0.15) is 5.56 Å². The van der Waals surface area contributed by atoms with E-state index in [9.17, 15) is 4.79 Å². The fraction of sp³-hybridized carbons (Fsp3) is 0.360. The Morgan fingerprint density at radius 2 is 2.06 bits per heavy atom. The second-order valence-corrected chi connectivity index (χ2v) is 8.14. The number of H-pyrrole nitrogens is 1. The smallest absolute Gasteiger partial charge is 0.321 e. The summed E-state index contributed by atoms with van der Waals surface area (Å²) in [6.07, 6.45) is 3.58. The zero-order valence-electron chi connectivity index (χ0n) is 19.6. The van der Waals surface area contributed by atoms with Gasteiger partial charge in [0.15, 0.2) is 0 Å². The molecule has 9 nitrogen and oxygen atoms in total. The standard InChI is InChI=1S/C25H31N5O4/c1-29(18-19-4-3-5-22(14-19)32-2)25(31)28-23-7-6-20(21-16-26-27-17-21)15-24(23)34-13-10-30-8-11-33-12-9-30/h3-7,14-17H,8-13,18H2,1-2H3,(H,26,27)(H,28,31). The van der Waals surface area contributed by atoms with Crippen LogP contribution in [0.2, 0.25) is 0 Å². The lowest BCUT2D eigenvalue weighted by atomic mass is 10.1. The Labute approximate surface area is 199 Å². The van der Waals surface area contributed by atoms with E-state index in [4.69, 9.17) is 14.2 Å². The first-order valence-corrected chi connectivity index (χ1v) is 11.3.